The highest BCUT2D eigenvalue weighted by atomic mass is 16.5. The van der Waals surface area contributed by atoms with Crippen LogP contribution in [0.1, 0.15) is 23.9 Å². The Kier molecular flexibility index (Phi) is 3.92. The van der Waals surface area contributed by atoms with Crippen molar-refractivity contribution >= 4 is 22.7 Å². The molecule has 3 rings (SSSR count). The van der Waals surface area contributed by atoms with E-state index in [9.17, 15) is 9.59 Å². The number of ketones is 1. The highest BCUT2D eigenvalue weighted by Gasteiger charge is 2.21. The molecule has 1 amide bonds. The van der Waals surface area contributed by atoms with Gasteiger partial charge in [0.2, 0.25) is 5.91 Å². The lowest BCUT2D eigenvalue weighted by Crippen LogP contribution is -2.19. The maximum absolute atomic E-state index is 11.5. The van der Waals surface area contributed by atoms with E-state index >= 15 is 0 Å². The van der Waals surface area contributed by atoms with Gasteiger partial charge in [-0.05, 0) is 38.5 Å². The number of carbonyl (C=O) groups is 2. The zero-order valence-corrected chi connectivity index (χ0v) is 13.8. The number of carbonyl (C=O) groups excluding carboxylic acids is 2. The van der Waals surface area contributed by atoms with E-state index in [0.717, 1.165) is 16.6 Å². The monoisotopic (exact) mass is 326 g/mol. The molecule has 0 unspecified atom stereocenters. The van der Waals surface area contributed by atoms with Gasteiger partial charge in [0.25, 0.3) is 0 Å². The molecule has 7 nitrogen and oxygen atoms in total. The molecule has 3 aromatic rings. The molecule has 0 spiro atoms. The number of hydrogen-bond donors (Lipinski definition) is 1. The standard InChI is InChI=1S/C17H18N4O3/c1-9(22)6-12-4-5-14-13(7-12)19-17(21(14)8-15(18)23)16-10(2)20-24-11(16)3/h4-5,7H,6,8H2,1-3H3,(H2,18,23). The Bertz CT molecular complexity index is 933. The largest absolute Gasteiger partial charge is 0.368 e. The van der Waals surface area contributed by atoms with Gasteiger partial charge >= 0.3 is 0 Å². The van der Waals surface area contributed by atoms with Crippen LogP contribution in [-0.2, 0) is 22.6 Å². The molecule has 1 aromatic carbocycles. The second kappa shape index (κ2) is 5.92. The van der Waals surface area contributed by atoms with Crippen LogP contribution in [0.3, 0.4) is 0 Å². The van der Waals surface area contributed by atoms with Gasteiger partial charge in [-0.25, -0.2) is 4.98 Å². The molecule has 2 N–H and O–H groups in total. The molecule has 2 heterocycles. The first kappa shape index (κ1) is 15.9. The molecule has 0 aliphatic rings. The fourth-order valence-corrected chi connectivity index (χ4v) is 2.88. The molecule has 7 heteroatoms. The van der Waals surface area contributed by atoms with Crippen LogP contribution in [0.5, 0.6) is 0 Å². The van der Waals surface area contributed by atoms with Gasteiger partial charge in [0.05, 0.1) is 22.3 Å². The summed E-state index contributed by atoms with van der Waals surface area (Å²) in [5.41, 5.74) is 9.19. The summed E-state index contributed by atoms with van der Waals surface area (Å²) in [6.07, 6.45) is 0.347. The minimum Gasteiger partial charge on any atom is -0.368 e. The molecule has 0 saturated heterocycles. The van der Waals surface area contributed by atoms with E-state index < -0.39 is 5.91 Å². The van der Waals surface area contributed by atoms with Crippen molar-refractivity contribution in [3.05, 3.63) is 35.2 Å². The Morgan fingerprint density at radius 3 is 2.62 bits per heavy atom. The maximum atomic E-state index is 11.5. The number of fused-ring (bicyclic) bond motifs is 1. The van der Waals surface area contributed by atoms with E-state index in [0.29, 0.717) is 29.2 Å². The van der Waals surface area contributed by atoms with Gasteiger partial charge in [0.1, 0.15) is 23.9 Å². The van der Waals surface area contributed by atoms with E-state index in [4.69, 9.17) is 10.3 Å². The fraction of sp³-hybridized carbons (Fsp3) is 0.294. The number of nitrogens with zero attached hydrogens (tertiary/aromatic N) is 3. The van der Waals surface area contributed by atoms with Gasteiger partial charge in [0.15, 0.2) is 0 Å². The van der Waals surface area contributed by atoms with Crippen molar-refractivity contribution in [2.24, 2.45) is 5.73 Å². The van der Waals surface area contributed by atoms with Crippen LogP contribution in [0.4, 0.5) is 0 Å². The van der Waals surface area contributed by atoms with Crippen LogP contribution >= 0.6 is 0 Å². The molecule has 0 fully saturated rings. The third kappa shape index (κ3) is 2.80. The van der Waals surface area contributed by atoms with Gasteiger partial charge in [0, 0.05) is 6.42 Å². The first-order chi connectivity index (χ1) is 11.4. The van der Waals surface area contributed by atoms with E-state index in [-0.39, 0.29) is 12.3 Å². The molecule has 0 radical (unpaired) electrons. The summed E-state index contributed by atoms with van der Waals surface area (Å²) < 4.78 is 6.97. The molecule has 0 atom stereocenters. The van der Waals surface area contributed by atoms with Gasteiger partial charge in [-0.2, -0.15) is 0 Å². The number of aromatic nitrogens is 3. The molecular formula is C17H18N4O3. The third-order valence-electron chi connectivity index (χ3n) is 3.84. The highest BCUT2D eigenvalue weighted by Crippen LogP contribution is 2.30. The number of Topliss-reactive ketones (excluding diaryl/α,β-unsaturated/α-hetero) is 1. The smallest absolute Gasteiger partial charge is 0.237 e. The van der Waals surface area contributed by atoms with Crippen molar-refractivity contribution < 1.29 is 14.1 Å². The molecule has 2 aromatic heterocycles. The minimum atomic E-state index is -0.463. The second-order valence-corrected chi connectivity index (χ2v) is 5.89. The average Bonchev–Trinajstić information content (AvgIpc) is 2.98. The van der Waals surface area contributed by atoms with Crippen molar-refractivity contribution in [2.45, 2.75) is 33.7 Å². The van der Waals surface area contributed by atoms with Crippen LogP contribution < -0.4 is 5.73 Å². The van der Waals surface area contributed by atoms with E-state index in [1.807, 2.05) is 25.1 Å². The molecule has 124 valence electrons. The minimum absolute atomic E-state index is 0.00193. The second-order valence-electron chi connectivity index (χ2n) is 5.89. The predicted octanol–water partition coefficient (Wildman–Crippen LogP) is 1.92. The Hall–Kier alpha value is -2.96. The average molecular weight is 326 g/mol. The summed E-state index contributed by atoms with van der Waals surface area (Å²) in [7, 11) is 0. The lowest BCUT2D eigenvalue weighted by atomic mass is 10.1. The quantitative estimate of drug-likeness (QED) is 0.771. The zero-order chi connectivity index (χ0) is 17.4. The summed E-state index contributed by atoms with van der Waals surface area (Å²) in [5, 5.41) is 3.95. The Labute approximate surface area is 138 Å². The summed E-state index contributed by atoms with van der Waals surface area (Å²) in [5.74, 6) is 0.824. The van der Waals surface area contributed by atoms with Crippen LogP contribution in [0.2, 0.25) is 0 Å². The Morgan fingerprint density at radius 2 is 2.04 bits per heavy atom. The molecule has 0 saturated carbocycles. The van der Waals surface area contributed by atoms with Crippen LogP contribution in [0.25, 0.3) is 22.4 Å². The lowest BCUT2D eigenvalue weighted by molar-refractivity contribution is -0.118. The number of primary amides is 1. The number of hydrogen-bond acceptors (Lipinski definition) is 5. The number of imidazole rings is 1. The van der Waals surface area contributed by atoms with Crippen molar-refractivity contribution in [3.8, 4) is 11.4 Å². The van der Waals surface area contributed by atoms with Crippen molar-refractivity contribution in [3.63, 3.8) is 0 Å². The molecule has 0 aliphatic heterocycles. The lowest BCUT2D eigenvalue weighted by Gasteiger charge is -2.06. The van der Waals surface area contributed by atoms with Crippen LogP contribution in [0.15, 0.2) is 22.7 Å². The van der Waals surface area contributed by atoms with Crippen molar-refractivity contribution in [1.82, 2.24) is 14.7 Å². The summed E-state index contributed by atoms with van der Waals surface area (Å²) in [4.78, 5) is 27.5. The third-order valence-corrected chi connectivity index (χ3v) is 3.84. The van der Waals surface area contributed by atoms with Gasteiger partial charge < -0.3 is 14.8 Å². The molecular weight excluding hydrogens is 308 g/mol. The first-order valence-corrected chi connectivity index (χ1v) is 7.57. The predicted molar refractivity (Wildman–Crippen MR) is 88.3 cm³/mol. The Morgan fingerprint density at radius 1 is 1.29 bits per heavy atom. The normalized spacial score (nSPS) is 11.1. The molecule has 0 aliphatic carbocycles. The summed E-state index contributed by atoms with van der Waals surface area (Å²) >= 11 is 0. The fourth-order valence-electron chi connectivity index (χ4n) is 2.88. The highest BCUT2D eigenvalue weighted by molar-refractivity contribution is 5.86. The number of nitrogens with two attached hydrogens (primary N) is 1. The number of aryl methyl sites for hydroxylation is 2. The van der Waals surface area contributed by atoms with E-state index in [1.165, 1.54) is 0 Å². The number of amides is 1. The molecule has 0 bridgehead atoms. The number of benzene rings is 1. The molecule has 24 heavy (non-hydrogen) atoms. The van der Waals surface area contributed by atoms with Gasteiger partial charge in [-0.1, -0.05) is 11.2 Å². The topological polar surface area (TPSA) is 104 Å². The number of rotatable bonds is 5. The van der Waals surface area contributed by atoms with E-state index in [1.54, 1.807) is 18.4 Å². The Balaban J connectivity index is 2.23. The van der Waals surface area contributed by atoms with E-state index in [2.05, 4.69) is 10.1 Å². The summed E-state index contributed by atoms with van der Waals surface area (Å²) in [6, 6.07) is 5.57. The van der Waals surface area contributed by atoms with Crippen molar-refractivity contribution in [2.75, 3.05) is 0 Å². The zero-order valence-electron chi connectivity index (χ0n) is 13.8. The summed E-state index contributed by atoms with van der Waals surface area (Å²) in [6.45, 7) is 5.17. The van der Waals surface area contributed by atoms with Crippen molar-refractivity contribution in [1.29, 1.82) is 0 Å². The van der Waals surface area contributed by atoms with Crippen LogP contribution in [0, 0.1) is 13.8 Å². The maximum Gasteiger partial charge on any atom is 0.237 e. The van der Waals surface area contributed by atoms with Gasteiger partial charge in [-0.15, -0.1) is 0 Å². The van der Waals surface area contributed by atoms with Crippen LogP contribution in [-0.4, -0.2) is 26.4 Å². The SMILES string of the molecule is CC(=O)Cc1ccc2c(c1)nc(-c1c(C)noc1C)n2CC(N)=O. The first-order valence-electron chi connectivity index (χ1n) is 7.57. The van der Waals surface area contributed by atoms with Gasteiger partial charge in [-0.3, -0.25) is 9.59 Å².